The minimum absolute atomic E-state index is 0.227. The van der Waals surface area contributed by atoms with Crippen molar-refractivity contribution in [3.05, 3.63) is 70.8 Å². The van der Waals surface area contributed by atoms with Crippen LogP contribution in [0.15, 0.2) is 59.0 Å². The number of thiazole rings is 1. The maximum atomic E-state index is 13.1. The predicted molar refractivity (Wildman–Crippen MR) is 132 cm³/mol. The molecule has 5 aromatic rings. The fraction of sp³-hybridized carbons (Fsp3) is 0.200. The molecule has 0 saturated heterocycles. The van der Waals surface area contributed by atoms with Crippen molar-refractivity contribution < 1.29 is 9.21 Å². The van der Waals surface area contributed by atoms with Gasteiger partial charge in [-0.15, -0.1) is 22.7 Å². The number of carbonyl (C=O) groups excluding carboxylic acids is 1. The number of para-hydroxylation sites is 2. The zero-order valence-electron chi connectivity index (χ0n) is 17.6. The molecule has 0 aliphatic carbocycles. The Labute approximate surface area is 193 Å². The van der Waals surface area contributed by atoms with Crippen LogP contribution in [0.1, 0.15) is 27.9 Å². The van der Waals surface area contributed by atoms with Gasteiger partial charge in [0.1, 0.15) is 15.6 Å². The molecule has 0 bridgehead atoms. The van der Waals surface area contributed by atoms with Crippen molar-refractivity contribution in [3.8, 4) is 10.6 Å². The first-order chi connectivity index (χ1) is 15.7. The number of nitrogens with one attached hydrogen (secondary N) is 1. The molecule has 1 aliphatic heterocycles. The van der Waals surface area contributed by atoms with Crippen LogP contribution in [-0.4, -0.2) is 28.9 Å². The van der Waals surface area contributed by atoms with Crippen molar-refractivity contribution in [2.75, 3.05) is 18.4 Å². The summed E-state index contributed by atoms with van der Waals surface area (Å²) < 4.78 is 6.96. The maximum Gasteiger partial charge on any atom is 0.292 e. The third-order valence-corrected chi connectivity index (χ3v) is 8.15. The average Bonchev–Trinajstić information content (AvgIpc) is 3.52. The summed E-state index contributed by atoms with van der Waals surface area (Å²) in [6, 6.07) is 17.7. The average molecular weight is 460 g/mol. The number of likely N-dealkylation sites (N-methyl/N-ethyl adjacent to an activating group) is 1. The van der Waals surface area contributed by atoms with Gasteiger partial charge in [-0.2, -0.15) is 0 Å². The Bertz CT molecular complexity index is 1400. The number of fused-ring (bicyclic) bond motifs is 3. The van der Waals surface area contributed by atoms with Gasteiger partial charge < -0.3 is 9.73 Å². The van der Waals surface area contributed by atoms with Gasteiger partial charge in [0, 0.05) is 28.9 Å². The third-order valence-electron chi connectivity index (χ3n) is 5.97. The zero-order chi connectivity index (χ0) is 21.7. The number of hydrogen-bond donors (Lipinski definition) is 1. The molecule has 6 rings (SSSR count). The summed E-state index contributed by atoms with van der Waals surface area (Å²) in [5.41, 5.74) is 4.10. The molecule has 160 valence electrons. The third kappa shape index (κ3) is 3.33. The summed E-state index contributed by atoms with van der Waals surface area (Å²) in [4.78, 5) is 21.8. The number of thiophene rings is 1. The Hall–Kier alpha value is -3.00. The lowest BCUT2D eigenvalue weighted by atomic mass is 10.0. The molecule has 0 atom stereocenters. The molecule has 1 amide bonds. The van der Waals surface area contributed by atoms with Crippen molar-refractivity contribution in [1.82, 2.24) is 9.88 Å². The fourth-order valence-electron chi connectivity index (χ4n) is 4.28. The molecule has 0 radical (unpaired) electrons. The number of amides is 1. The number of benzene rings is 2. The van der Waals surface area contributed by atoms with Crippen LogP contribution in [0.3, 0.4) is 0 Å². The van der Waals surface area contributed by atoms with E-state index in [2.05, 4.69) is 23.2 Å². The topological polar surface area (TPSA) is 58.4 Å². The van der Waals surface area contributed by atoms with Gasteiger partial charge in [0.2, 0.25) is 0 Å². The van der Waals surface area contributed by atoms with Gasteiger partial charge in [-0.05, 0) is 42.8 Å². The molecule has 3 aromatic heterocycles. The van der Waals surface area contributed by atoms with Crippen molar-refractivity contribution in [2.45, 2.75) is 19.9 Å². The summed E-state index contributed by atoms with van der Waals surface area (Å²) >= 11 is 3.35. The fourth-order valence-corrected chi connectivity index (χ4v) is 6.67. The number of anilines is 1. The van der Waals surface area contributed by atoms with Crippen LogP contribution in [0, 0.1) is 0 Å². The Balaban J connectivity index is 1.43. The number of hydrogen-bond acceptors (Lipinski definition) is 6. The SMILES string of the molecule is CCN1CCc2c(sc(NC(=O)c3cc4ccccc4o3)c2-c2nc3ccccc3s2)C1. The number of rotatable bonds is 4. The Kier molecular flexibility index (Phi) is 4.82. The van der Waals surface area contributed by atoms with Gasteiger partial charge in [0.05, 0.1) is 10.2 Å². The van der Waals surface area contributed by atoms with Gasteiger partial charge in [-0.3, -0.25) is 9.69 Å². The predicted octanol–water partition coefficient (Wildman–Crippen LogP) is 6.40. The van der Waals surface area contributed by atoms with Crippen molar-refractivity contribution in [2.24, 2.45) is 0 Å². The maximum absolute atomic E-state index is 13.1. The van der Waals surface area contributed by atoms with E-state index in [4.69, 9.17) is 9.40 Å². The number of aromatic nitrogens is 1. The smallest absolute Gasteiger partial charge is 0.292 e. The Morgan fingerprint density at radius 3 is 2.84 bits per heavy atom. The Morgan fingerprint density at radius 1 is 1.16 bits per heavy atom. The van der Waals surface area contributed by atoms with Crippen LogP contribution in [0.25, 0.3) is 31.8 Å². The van der Waals surface area contributed by atoms with E-state index in [1.807, 2.05) is 42.5 Å². The van der Waals surface area contributed by atoms with Gasteiger partial charge in [0.25, 0.3) is 5.91 Å². The molecular formula is C25H21N3O2S2. The molecule has 4 heterocycles. The summed E-state index contributed by atoms with van der Waals surface area (Å²) in [7, 11) is 0. The van der Waals surface area contributed by atoms with Crippen LogP contribution in [0.5, 0.6) is 0 Å². The molecule has 2 aromatic carbocycles. The highest BCUT2D eigenvalue weighted by molar-refractivity contribution is 7.23. The first-order valence-electron chi connectivity index (χ1n) is 10.7. The van der Waals surface area contributed by atoms with E-state index in [1.54, 1.807) is 28.7 Å². The summed E-state index contributed by atoms with van der Waals surface area (Å²) in [6.45, 7) is 5.15. The highest BCUT2D eigenvalue weighted by Crippen LogP contribution is 2.45. The van der Waals surface area contributed by atoms with E-state index in [0.29, 0.717) is 11.3 Å². The van der Waals surface area contributed by atoms with Gasteiger partial charge in [-0.1, -0.05) is 37.3 Å². The Morgan fingerprint density at radius 2 is 2.00 bits per heavy atom. The first kappa shape index (κ1) is 19.7. The summed E-state index contributed by atoms with van der Waals surface area (Å²) in [5, 5.41) is 5.90. The minimum atomic E-state index is -0.227. The molecular weight excluding hydrogens is 438 g/mol. The van der Waals surface area contributed by atoms with E-state index >= 15 is 0 Å². The minimum Gasteiger partial charge on any atom is -0.451 e. The summed E-state index contributed by atoms with van der Waals surface area (Å²) in [5.74, 6) is 0.0949. The van der Waals surface area contributed by atoms with Gasteiger partial charge >= 0.3 is 0 Å². The van der Waals surface area contributed by atoms with Crippen LogP contribution in [-0.2, 0) is 13.0 Å². The molecule has 1 aliphatic rings. The van der Waals surface area contributed by atoms with Crippen molar-refractivity contribution in [3.63, 3.8) is 0 Å². The largest absolute Gasteiger partial charge is 0.451 e. The van der Waals surface area contributed by atoms with Crippen LogP contribution < -0.4 is 5.32 Å². The standard InChI is InChI=1S/C25H21N3O2S2/c1-2-28-12-11-16-21(14-28)32-25(22(16)24-26-17-8-4-6-10-20(17)31-24)27-23(29)19-13-15-7-3-5-9-18(15)30-19/h3-10,13H,2,11-12,14H2,1H3,(H,27,29). The van der Waals surface area contributed by atoms with E-state index < -0.39 is 0 Å². The second-order valence-corrected chi connectivity index (χ2v) is 10.1. The number of furan rings is 1. The lowest BCUT2D eigenvalue weighted by molar-refractivity contribution is 0.0999. The van der Waals surface area contributed by atoms with E-state index in [9.17, 15) is 4.79 Å². The lowest BCUT2D eigenvalue weighted by Crippen LogP contribution is -2.29. The molecule has 7 heteroatoms. The molecule has 0 fully saturated rings. The highest BCUT2D eigenvalue weighted by atomic mass is 32.1. The summed E-state index contributed by atoms with van der Waals surface area (Å²) in [6.07, 6.45) is 0.964. The molecule has 32 heavy (non-hydrogen) atoms. The second-order valence-electron chi connectivity index (χ2n) is 7.92. The first-order valence-corrected chi connectivity index (χ1v) is 12.4. The molecule has 0 spiro atoms. The zero-order valence-corrected chi connectivity index (χ0v) is 19.2. The van der Waals surface area contributed by atoms with Crippen molar-refractivity contribution in [1.29, 1.82) is 0 Å². The molecule has 0 saturated carbocycles. The highest BCUT2D eigenvalue weighted by Gasteiger charge is 2.28. The van der Waals surface area contributed by atoms with Crippen LogP contribution >= 0.6 is 22.7 Å². The molecule has 1 N–H and O–H groups in total. The van der Waals surface area contributed by atoms with Crippen molar-refractivity contribution >= 4 is 54.8 Å². The number of carbonyl (C=O) groups is 1. The van der Waals surface area contributed by atoms with E-state index in [-0.39, 0.29) is 5.91 Å². The normalized spacial score (nSPS) is 14.2. The van der Waals surface area contributed by atoms with Crippen LogP contribution in [0.4, 0.5) is 5.00 Å². The van der Waals surface area contributed by atoms with Crippen LogP contribution in [0.2, 0.25) is 0 Å². The van der Waals surface area contributed by atoms with Gasteiger partial charge in [0.15, 0.2) is 5.76 Å². The monoisotopic (exact) mass is 459 g/mol. The van der Waals surface area contributed by atoms with E-state index in [1.165, 1.54) is 10.4 Å². The lowest BCUT2D eigenvalue weighted by Gasteiger charge is -2.25. The molecule has 5 nitrogen and oxygen atoms in total. The molecule has 0 unspecified atom stereocenters. The van der Waals surface area contributed by atoms with Gasteiger partial charge in [-0.25, -0.2) is 4.98 Å². The quantitative estimate of drug-likeness (QED) is 0.338. The number of nitrogens with zero attached hydrogens (tertiary/aromatic N) is 2. The second kappa shape index (κ2) is 7.85. The van der Waals surface area contributed by atoms with E-state index in [0.717, 1.165) is 57.2 Å².